The van der Waals surface area contributed by atoms with Gasteiger partial charge >= 0.3 is 5.69 Å². The molecule has 6 heteroatoms. The first-order chi connectivity index (χ1) is 8.52. The Labute approximate surface area is 104 Å². The fourth-order valence-corrected chi connectivity index (χ4v) is 2.23. The maximum atomic E-state index is 13.3. The monoisotopic (exact) mass is 254 g/mol. The smallest absolute Gasteiger partial charge is 0.346 e. The van der Waals surface area contributed by atoms with E-state index >= 15 is 0 Å². The van der Waals surface area contributed by atoms with E-state index in [1.54, 1.807) is 0 Å². The summed E-state index contributed by atoms with van der Waals surface area (Å²) in [6.07, 6.45) is 3.72. The van der Waals surface area contributed by atoms with Crippen molar-refractivity contribution < 1.29 is 14.1 Å². The summed E-state index contributed by atoms with van der Waals surface area (Å²) in [5.41, 5.74) is 5.01. The molecule has 1 aliphatic carbocycles. The van der Waals surface area contributed by atoms with Crippen LogP contribution in [0.2, 0.25) is 0 Å². The standard InChI is InChI=1S/C12H15FN2O3/c13-9-4-3-5-10(11(9)15(16)17)18-8-12(14)6-1-2-7-12/h3-5H,1-2,6-8,14H2. The molecule has 1 aromatic rings. The summed E-state index contributed by atoms with van der Waals surface area (Å²) in [6, 6.07) is 3.81. The van der Waals surface area contributed by atoms with Gasteiger partial charge in [-0.25, -0.2) is 0 Å². The fraction of sp³-hybridized carbons (Fsp3) is 0.500. The van der Waals surface area contributed by atoms with E-state index in [1.807, 2.05) is 0 Å². The van der Waals surface area contributed by atoms with Gasteiger partial charge in [-0.2, -0.15) is 4.39 Å². The lowest BCUT2D eigenvalue weighted by atomic mass is 10.0. The Balaban J connectivity index is 2.14. The van der Waals surface area contributed by atoms with Crippen molar-refractivity contribution in [1.29, 1.82) is 0 Å². The number of nitrogens with zero attached hydrogens (tertiary/aromatic N) is 1. The van der Waals surface area contributed by atoms with Crippen molar-refractivity contribution in [3.63, 3.8) is 0 Å². The highest BCUT2D eigenvalue weighted by atomic mass is 19.1. The molecule has 1 aliphatic rings. The van der Waals surface area contributed by atoms with Gasteiger partial charge in [0.1, 0.15) is 6.61 Å². The maximum Gasteiger partial charge on any atom is 0.346 e. The van der Waals surface area contributed by atoms with Gasteiger partial charge in [-0.15, -0.1) is 0 Å². The van der Waals surface area contributed by atoms with E-state index in [0.29, 0.717) is 0 Å². The number of rotatable bonds is 4. The van der Waals surface area contributed by atoms with Crippen LogP contribution in [-0.2, 0) is 0 Å². The highest BCUT2D eigenvalue weighted by Gasteiger charge is 2.31. The predicted octanol–water partition coefficient (Wildman–Crippen LogP) is 2.38. The van der Waals surface area contributed by atoms with E-state index in [9.17, 15) is 14.5 Å². The van der Waals surface area contributed by atoms with Crippen LogP contribution in [0.3, 0.4) is 0 Å². The molecule has 98 valence electrons. The quantitative estimate of drug-likeness (QED) is 0.661. The van der Waals surface area contributed by atoms with E-state index < -0.39 is 22.0 Å². The van der Waals surface area contributed by atoms with Gasteiger partial charge in [0.25, 0.3) is 0 Å². The van der Waals surface area contributed by atoms with Gasteiger partial charge in [-0.3, -0.25) is 10.1 Å². The Bertz CT molecular complexity index is 459. The van der Waals surface area contributed by atoms with E-state index in [1.165, 1.54) is 12.1 Å². The number of hydrogen-bond donors (Lipinski definition) is 1. The first-order valence-corrected chi connectivity index (χ1v) is 5.86. The number of benzene rings is 1. The molecule has 0 saturated heterocycles. The van der Waals surface area contributed by atoms with Crippen molar-refractivity contribution in [1.82, 2.24) is 0 Å². The number of nitro benzene ring substituents is 1. The van der Waals surface area contributed by atoms with Crippen LogP contribution in [0.25, 0.3) is 0 Å². The maximum absolute atomic E-state index is 13.3. The van der Waals surface area contributed by atoms with Crippen LogP contribution in [-0.4, -0.2) is 17.1 Å². The Kier molecular flexibility index (Phi) is 3.47. The molecule has 0 unspecified atom stereocenters. The minimum atomic E-state index is -0.894. The molecule has 0 amide bonds. The summed E-state index contributed by atoms with van der Waals surface area (Å²) in [5.74, 6) is -0.952. The third-order valence-electron chi connectivity index (χ3n) is 3.25. The van der Waals surface area contributed by atoms with Crippen LogP contribution in [0.15, 0.2) is 18.2 Å². The normalized spacial score (nSPS) is 17.7. The molecule has 1 saturated carbocycles. The second kappa shape index (κ2) is 4.89. The average molecular weight is 254 g/mol. The molecule has 0 heterocycles. The summed E-state index contributed by atoms with van der Waals surface area (Å²) in [4.78, 5) is 10.00. The number of ether oxygens (including phenoxy) is 1. The second-order valence-electron chi connectivity index (χ2n) is 4.70. The molecule has 0 aromatic heterocycles. The molecule has 0 bridgehead atoms. The molecule has 0 radical (unpaired) electrons. The topological polar surface area (TPSA) is 78.4 Å². The number of hydrogen-bond acceptors (Lipinski definition) is 4. The van der Waals surface area contributed by atoms with Gasteiger partial charge in [0.05, 0.1) is 10.5 Å². The first kappa shape index (κ1) is 12.8. The average Bonchev–Trinajstić information content (AvgIpc) is 2.73. The van der Waals surface area contributed by atoms with Gasteiger partial charge in [0, 0.05) is 0 Å². The van der Waals surface area contributed by atoms with Crippen molar-refractivity contribution in [2.75, 3.05) is 6.61 Å². The van der Waals surface area contributed by atoms with Crippen LogP contribution in [0, 0.1) is 15.9 Å². The van der Waals surface area contributed by atoms with Crippen LogP contribution in [0.4, 0.5) is 10.1 Å². The number of nitrogens with two attached hydrogens (primary N) is 1. The first-order valence-electron chi connectivity index (χ1n) is 5.86. The molecule has 2 N–H and O–H groups in total. The zero-order chi connectivity index (χ0) is 13.2. The van der Waals surface area contributed by atoms with Gasteiger partial charge in [0.2, 0.25) is 5.82 Å². The molecule has 1 aromatic carbocycles. The highest BCUT2D eigenvalue weighted by molar-refractivity contribution is 5.47. The minimum absolute atomic E-state index is 0.0586. The van der Waals surface area contributed by atoms with Crippen LogP contribution in [0.1, 0.15) is 25.7 Å². The van der Waals surface area contributed by atoms with Crippen molar-refractivity contribution in [3.05, 3.63) is 34.1 Å². The number of halogens is 1. The predicted molar refractivity (Wildman–Crippen MR) is 63.9 cm³/mol. The van der Waals surface area contributed by atoms with E-state index in [-0.39, 0.29) is 12.4 Å². The minimum Gasteiger partial charge on any atom is -0.485 e. The molecule has 18 heavy (non-hydrogen) atoms. The Morgan fingerprint density at radius 1 is 1.44 bits per heavy atom. The Hall–Kier alpha value is -1.69. The summed E-state index contributed by atoms with van der Waals surface area (Å²) >= 11 is 0. The zero-order valence-corrected chi connectivity index (χ0v) is 9.89. The second-order valence-corrected chi connectivity index (χ2v) is 4.70. The van der Waals surface area contributed by atoms with Gasteiger partial charge in [-0.05, 0) is 25.0 Å². The third kappa shape index (κ3) is 2.59. The third-order valence-corrected chi connectivity index (χ3v) is 3.25. The van der Waals surface area contributed by atoms with Crippen molar-refractivity contribution in [3.8, 4) is 5.75 Å². The Morgan fingerprint density at radius 3 is 2.72 bits per heavy atom. The van der Waals surface area contributed by atoms with E-state index in [2.05, 4.69) is 0 Å². The lowest BCUT2D eigenvalue weighted by Crippen LogP contribution is -2.42. The van der Waals surface area contributed by atoms with Crippen LogP contribution in [0.5, 0.6) is 5.75 Å². The van der Waals surface area contributed by atoms with Crippen LogP contribution >= 0.6 is 0 Å². The largest absolute Gasteiger partial charge is 0.485 e. The fourth-order valence-electron chi connectivity index (χ4n) is 2.23. The molecular weight excluding hydrogens is 239 g/mol. The lowest BCUT2D eigenvalue weighted by molar-refractivity contribution is -0.388. The lowest BCUT2D eigenvalue weighted by Gasteiger charge is -2.23. The molecule has 1 fully saturated rings. The molecule has 0 spiro atoms. The van der Waals surface area contributed by atoms with Gasteiger partial charge in [-0.1, -0.05) is 18.9 Å². The summed E-state index contributed by atoms with van der Waals surface area (Å²) in [6.45, 7) is 0.178. The van der Waals surface area contributed by atoms with E-state index in [0.717, 1.165) is 31.7 Å². The SMILES string of the molecule is NC1(COc2cccc(F)c2[N+](=O)[O-])CCCC1. The molecular formula is C12H15FN2O3. The molecule has 0 atom stereocenters. The van der Waals surface area contributed by atoms with Gasteiger partial charge < -0.3 is 10.5 Å². The molecule has 2 rings (SSSR count). The molecule has 0 aliphatic heterocycles. The number of para-hydroxylation sites is 1. The molecule has 5 nitrogen and oxygen atoms in total. The van der Waals surface area contributed by atoms with Crippen molar-refractivity contribution in [2.24, 2.45) is 5.73 Å². The van der Waals surface area contributed by atoms with Crippen molar-refractivity contribution >= 4 is 5.69 Å². The summed E-state index contributed by atoms with van der Waals surface area (Å²) < 4.78 is 18.7. The highest BCUT2D eigenvalue weighted by Crippen LogP contribution is 2.32. The van der Waals surface area contributed by atoms with Crippen LogP contribution < -0.4 is 10.5 Å². The van der Waals surface area contributed by atoms with Gasteiger partial charge in [0.15, 0.2) is 5.75 Å². The summed E-state index contributed by atoms with van der Waals surface area (Å²) in [5, 5.41) is 10.8. The van der Waals surface area contributed by atoms with E-state index in [4.69, 9.17) is 10.5 Å². The summed E-state index contributed by atoms with van der Waals surface area (Å²) in [7, 11) is 0. The zero-order valence-electron chi connectivity index (χ0n) is 9.89. The number of nitro groups is 1. The Morgan fingerprint density at radius 2 is 2.11 bits per heavy atom. The van der Waals surface area contributed by atoms with Crippen molar-refractivity contribution in [2.45, 2.75) is 31.2 Å².